The molecule has 1 N–H and O–H groups in total. The summed E-state index contributed by atoms with van der Waals surface area (Å²) in [5.74, 6) is 0.657. The van der Waals surface area contributed by atoms with E-state index in [1.807, 2.05) is 25.1 Å². The fourth-order valence-electron chi connectivity index (χ4n) is 1.45. The molecular formula is C12H14N4. The van der Waals surface area contributed by atoms with Crippen molar-refractivity contribution in [2.24, 2.45) is 0 Å². The summed E-state index contributed by atoms with van der Waals surface area (Å²) in [5, 5.41) is 3.25. The van der Waals surface area contributed by atoms with Gasteiger partial charge in [0, 0.05) is 24.3 Å². The van der Waals surface area contributed by atoms with E-state index in [1.54, 1.807) is 18.6 Å². The highest BCUT2D eigenvalue weighted by molar-refractivity contribution is 5.30. The first-order valence-electron chi connectivity index (χ1n) is 5.22. The van der Waals surface area contributed by atoms with Gasteiger partial charge in [-0.05, 0) is 37.6 Å². The molecule has 0 bridgehead atoms. The zero-order valence-corrected chi connectivity index (χ0v) is 9.38. The van der Waals surface area contributed by atoms with Gasteiger partial charge < -0.3 is 5.32 Å². The van der Waals surface area contributed by atoms with Crippen molar-refractivity contribution in [2.75, 3.05) is 5.32 Å². The summed E-state index contributed by atoms with van der Waals surface area (Å²) in [4.78, 5) is 12.5. The van der Waals surface area contributed by atoms with Crippen LogP contribution >= 0.6 is 0 Å². The maximum atomic E-state index is 4.30. The number of rotatable bonds is 3. The van der Waals surface area contributed by atoms with Crippen LogP contribution in [0, 0.1) is 6.92 Å². The normalized spacial score (nSPS) is 12.1. The molecule has 0 amide bonds. The average molecular weight is 214 g/mol. The van der Waals surface area contributed by atoms with Gasteiger partial charge >= 0.3 is 0 Å². The second-order valence-electron chi connectivity index (χ2n) is 3.67. The monoisotopic (exact) mass is 214 g/mol. The molecule has 0 aliphatic heterocycles. The Kier molecular flexibility index (Phi) is 3.10. The molecule has 4 nitrogen and oxygen atoms in total. The number of nitrogens with zero attached hydrogens (tertiary/aromatic N) is 3. The van der Waals surface area contributed by atoms with E-state index < -0.39 is 0 Å². The number of hydrogen-bond donors (Lipinski definition) is 1. The summed E-state index contributed by atoms with van der Waals surface area (Å²) >= 11 is 0. The Morgan fingerprint density at radius 1 is 1.12 bits per heavy atom. The molecule has 1 unspecified atom stereocenters. The summed E-state index contributed by atoms with van der Waals surface area (Å²) < 4.78 is 0. The lowest BCUT2D eigenvalue weighted by atomic mass is 10.1. The first kappa shape index (κ1) is 10.5. The van der Waals surface area contributed by atoms with Gasteiger partial charge in [0.15, 0.2) is 0 Å². The summed E-state index contributed by atoms with van der Waals surface area (Å²) in [6, 6.07) is 6.01. The first-order chi connectivity index (χ1) is 7.75. The second kappa shape index (κ2) is 4.70. The van der Waals surface area contributed by atoms with Gasteiger partial charge in [-0.25, -0.2) is 9.97 Å². The molecule has 2 aromatic heterocycles. The standard InChI is InChI=1S/C12H14N4/c1-9-3-8-14-12(15-9)16-10(2)11-4-6-13-7-5-11/h3-8,10H,1-2H3,(H,14,15,16). The van der Waals surface area contributed by atoms with Gasteiger partial charge in [-0.3, -0.25) is 4.98 Å². The lowest BCUT2D eigenvalue weighted by molar-refractivity contribution is 0.854. The van der Waals surface area contributed by atoms with Crippen LogP contribution in [-0.2, 0) is 0 Å². The molecule has 0 aliphatic carbocycles. The van der Waals surface area contributed by atoms with Gasteiger partial charge in [0.25, 0.3) is 0 Å². The van der Waals surface area contributed by atoms with Crippen LogP contribution in [0.25, 0.3) is 0 Å². The minimum atomic E-state index is 0.171. The van der Waals surface area contributed by atoms with Crippen molar-refractivity contribution in [1.29, 1.82) is 0 Å². The maximum Gasteiger partial charge on any atom is 0.223 e. The molecule has 4 heteroatoms. The van der Waals surface area contributed by atoms with Gasteiger partial charge in [-0.1, -0.05) is 0 Å². The third-order valence-electron chi connectivity index (χ3n) is 2.35. The van der Waals surface area contributed by atoms with Crippen molar-refractivity contribution in [3.05, 3.63) is 48.0 Å². The molecule has 2 heterocycles. The smallest absolute Gasteiger partial charge is 0.223 e. The molecule has 0 aromatic carbocycles. The topological polar surface area (TPSA) is 50.7 Å². The lowest BCUT2D eigenvalue weighted by Gasteiger charge is -2.13. The SMILES string of the molecule is Cc1ccnc(NC(C)c2ccncc2)n1. The Balaban J connectivity index is 2.11. The Morgan fingerprint density at radius 2 is 1.88 bits per heavy atom. The zero-order valence-electron chi connectivity index (χ0n) is 9.38. The van der Waals surface area contributed by atoms with E-state index in [0.29, 0.717) is 5.95 Å². The van der Waals surface area contributed by atoms with Crippen LogP contribution < -0.4 is 5.32 Å². The van der Waals surface area contributed by atoms with E-state index in [1.165, 1.54) is 5.56 Å². The number of aryl methyl sites for hydroxylation is 1. The summed E-state index contributed by atoms with van der Waals surface area (Å²) in [5.41, 5.74) is 2.12. The number of anilines is 1. The highest BCUT2D eigenvalue weighted by atomic mass is 15.1. The predicted molar refractivity (Wildman–Crippen MR) is 63.0 cm³/mol. The van der Waals surface area contributed by atoms with Crippen molar-refractivity contribution < 1.29 is 0 Å². The highest BCUT2D eigenvalue weighted by Gasteiger charge is 2.05. The minimum Gasteiger partial charge on any atom is -0.348 e. The third kappa shape index (κ3) is 2.53. The maximum absolute atomic E-state index is 4.30. The zero-order chi connectivity index (χ0) is 11.4. The number of nitrogens with one attached hydrogen (secondary N) is 1. The molecular weight excluding hydrogens is 200 g/mol. The quantitative estimate of drug-likeness (QED) is 0.852. The molecule has 2 rings (SSSR count). The molecule has 0 spiro atoms. The van der Waals surface area contributed by atoms with Crippen LogP contribution in [-0.4, -0.2) is 15.0 Å². The van der Waals surface area contributed by atoms with E-state index in [0.717, 1.165) is 5.69 Å². The molecule has 0 radical (unpaired) electrons. The molecule has 1 atom stereocenters. The van der Waals surface area contributed by atoms with Gasteiger partial charge in [0.2, 0.25) is 5.95 Å². The minimum absolute atomic E-state index is 0.171. The Bertz CT molecular complexity index is 456. The summed E-state index contributed by atoms with van der Waals surface area (Å²) in [6.45, 7) is 4.02. The Morgan fingerprint density at radius 3 is 2.56 bits per heavy atom. The summed E-state index contributed by atoms with van der Waals surface area (Å²) in [6.07, 6.45) is 5.32. The van der Waals surface area contributed by atoms with Gasteiger partial charge in [0.05, 0.1) is 6.04 Å². The molecule has 2 aromatic rings. The second-order valence-corrected chi connectivity index (χ2v) is 3.67. The predicted octanol–water partition coefficient (Wildman–Crippen LogP) is 2.35. The van der Waals surface area contributed by atoms with Crippen LogP contribution in [0.5, 0.6) is 0 Å². The van der Waals surface area contributed by atoms with Crippen molar-refractivity contribution in [3.8, 4) is 0 Å². The van der Waals surface area contributed by atoms with Gasteiger partial charge in [-0.15, -0.1) is 0 Å². The Labute approximate surface area is 94.8 Å². The van der Waals surface area contributed by atoms with E-state index in [-0.39, 0.29) is 6.04 Å². The highest BCUT2D eigenvalue weighted by Crippen LogP contribution is 2.15. The third-order valence-corrected chi connectivity index (χ3v) is 2.35. The van der Waals surface area contributed by atoms with E-state index in [9.17, 15) is 0 Å². The van der Waals surface area contributed by atoms with Crippen LogP contribution in [0.1, 0.15) is 24.2 Å². The molecule has 16 heavy (non-hydrogen) atoms. The van der Waals surface area contributed by atoms with E-state index in [4.69, 9.17) is 0 Å². The molecule has 0 saturated carbocycles. The van der Waals surface area contributed by atoms with Crippen molar-refractivity contribution in [3.63, 3.8) is 0 Å². The van der Waals surface area contributed by atoms with Crippen LogP contribution in [0.15, 0.2) is 36.8 Å². The van der Waals surface area contributed by atoms with Crippen LogP contribution in [0.2, 0.25) is 0 Å². The van der Waals surface area contributed by atoms with Gasteiger partial charge in [-0.2, -0.15) is 0 Å². The molecule has 0 aliphatic rings. The first-order valence-corrected chi connectivity index (χ1v) is 5.22. The van der Waals surface area contributed by atoms with E-state index in [2.05, 4.69) is 27.2 Å². The van der Waals surface area contributed by atoms with Crippen molar-refractivity contribution in [1.82, 2.24) is 15.0 Å². The Hall–Kier alpha value is -1.97. The largest absolute Gasteiger partial charge is 0.348 e. The summed E-state index contributed by atoms with van der Waals surface area (Å²) in [7, 11) is 0. The van der Waals surface area contributed by atoms with Crippen molar-refractivity contribution >= 4 is 5.95 Å². The number of aromatic nitrogens is 3. The number of pyridine rings is 1. The fraction of sp³-hybridized carbons (Fsp3) is 0.250. The van der Waals surface area contributed by atoms with Crippen molar-refractivity contribution in [2.45, 2.75) is 19.9 Å². The van der Waals surface area contributed by atoms with Crippen LogP contribution in [0.4, 0.5) is 5.95 Å². The number of hydrogen-bond acceptors (Lipinski definition) is 4. The fourth-order valence-corrected chi connectivity index (χ4v) is 1.45. The lowest BCUT2D eigenvalue weighted by Crippen LogP contribution is -2.09. The van der Waals surface area contributed by atoms with E-state index >= 15 is 0 Å². The van der Waals surface area contributed by atoms with Gasteiger partial charge in [0.1, 0.15) is 0 Å². The van der Waals surface area contributed by atoms with Crippen LogP contribution in [0.3, 0.4) is 0 Å². The molecule has 82 valence electrons. The molecule has 0 saturated heterocycles. The molecule has 0 fully saturated rings. The average Bonchev–Trinajstić information content (AvgIpc) is 2.30.